The second-order valence-electron chi connectivity index (χ2n) is 9.79. The van der Waals surface area contributed by atoms with Crippen LogP contribution in [0.25, 0.3) is 11.1 Å². The van der Waals surface area contributed by atoms with Crippen molar-refractivity contribution in [3.63, 3.8) is 0 Å². The van der Waals surface area contributed by atoms with E-state index in [1.165, 1.54) is 22.3 Å². The molecule has 7 nitrogen and oxygen atoms in total. The van der Waals surface area contributed by atoms with Crippen molar-refractivity contribution in [2.45, 2.75) is 44.9 Å². The number of hydrogen-bond donors (Lipinski definition) is 3. The van der Waals surface area contributed by atoms with Crippen LogP contribution < -0.4 is 10.6 Å². The van der Waals surface area contributed by atoms with Crippen molar-refractivity contribution in [2.75, 3.05) is 19.7 Å². The zero-order valence-electron chi connectivity index (χ0n) is 20.2. The lowest BCUT2D eigenvalue weighted by Gasteiger charge is -2.34. The molecule has 0 aromatic heterocycles. The number of fused-ring (bicyclic) bond motifs is 3. The minimum Gasteiger partial charge on any atom is -0.481 e. The van der Waals surface area contributed by atoms with Crippen LogP contribution in [0.5, 0.6) is 0 Å². The van der Waals surface area contributed by atoms with Gasteiger partial charge in [0.25, 0.3) is 0 Å². The van der Waals surface area contributed by atoms with Gasteiger partial charge in [0.05, 0.1) is 0 Å². The molecule has 2 aliphatic rings. The Balaban J connectivity index is 1.18. The SMILES string of the molecule is CCC(CNC(=O)OCC1c2ccccc2-c2ccccc21)CC(=O)NCC1CC(CC(=O)O)C1. The summed E-state index contributed by atoms with van der Waals surface area (Å²) in [5.41, 5.74) is 4.72. The fourth-order valence-electron chi connectivity index (χ4n) is 5.28. The number of benzene rings is 2. The van der Waals surface area contributed by atoms with E-state index in [0.29, 0.717) is 25.4 Å². The number of carboxylic acids is 1. The first-order valence-electron chi connectivity index (χ1n) is 12.5. The van der Waals surface area contributed by atoms with Crippen molar-refractivity contribution in [1.29, 1.82) is 0 Å². The highest BCUT2D eigenvalue weighted by molar-refractivity contribution is 5.79. The number of aliphatic carboxylic acids is 1. The molecule has 0 spiro atoms. The van der Waals surface area contributed by atoms with E-state index in [2.05, 4.69) is 34.9 Å². The third-order valence-corrected chi connectivity index (χ3v) is 7.31. The second kappa shape index (κ2) is 11.4. The monoisotopic (exact) mass is 478 g/mol. The van der Waals surface area contributed by atoms with Crippen LogP contribution in [0.15, 0.2) is 48.5 Å². The average molecular weight is 479 g/mol. The molecule has 0 bridgehead atoms. The normalized spacial score (nSPS) is 19.1. The molecule has 3 N–H and O–H groups in total. The summed E-state index contributed by atoms with van der Waals surface area (Å²) in [6.07, 6.45) is 2.56. The first-order chi connectivity index (χ1) is 16.9. The van der Waals surface area contributed by atoms with E-state index in [1.807, 2.05) is 31.2 Å². The molecule has 1 saturated carbocycles. The summed E-state index contributed by atoms with van der Waals surface area (Å²) in [5, 5.41) is 14.6. The van der Waals surface area contributed by atoms with Crippen molar-refractivity contribution in [1.82, 2.24) is 10.6 Å². The summed E-state index contributed by atoms with van der Waals surface area (Å²) in [6.45, 7) is 3.23. The van der Waals surface area contributed by atoms with E-state index in [-0.39, 0.29) is 36.7 Å². The van der Waals surface area contributed by atoms with Crippen molar-refractivity contribution in [3.05, 3.63) is 59.7 Å². The van der Waals surface area contributed by atoms with E-state index < -0.39 is 12.1 Å². The van der Waals surface area contributed by atoms with Crippen LogP contribution in [0.3, 0.4) is 0 Å². The van der Waals surface area contributed by atoms with Crippen LogP contribution in [0.4, 0.5) is 4.79 Å². The van der Waals surface area contributed by atoms with Crippen molar-refractivity contribution in [3.8, 4) is 11.1 Å². The Labute approximate surface area is 206 Å². The maximum Gasteiger partial charge on any atom is 0.407 e. The van der Waals surface area contributed by atoms with Gasteiger partial charge in [0.15, 0.2) is 0 Å². The molecule has 2 aromatic carbocycles. The maximum absolute atomic E-state index is 12.4. The summed E-state index contributed by atoms with van der Waals surface area (Å²) >= 11 is 0. The van der Waals surface area contributed by atoms with Crippen LogP contribution in [0, 0.1) is 17.8 Å². The molecule has 4 rings (SSSR count). The number of carbonyl (C=O) groups is 3. The third-order valence-electron chi connectivity index (χ3n) is 7.31. The zero-order valence-corrected chi connectivity index (χ0v) is 20.2. The molecular formula is C28H34N2O5. The first kappa shape index (κ1) is 24.8. The smallest absolute Gasteiger partial charge is 0.407 e. The van der Waals surface area contributed by atoms with E-state index in [9.17, 15) is 14.4 Å². The van der Waals surface area contributed by atoms with Gasteiger partial charge in [-0.05, 0) is 52.8 Å². The minimum absolute atomic E-state index is 0.0162. The quantitative estimate of drug-likeness (QED) is 0.439. The highest BCUT2D eigenvalue weighted by Gasteiger charge is 2.31. The summed E-state index contributed by atoms with van der Waals surface area (Å²) in [6, 6.07) is 16.4. The fourth-order valence-corrected chi connectivity index (χ4v) is 5.28. The number of carboxylic acid groups (broad SMARTS) is 1. The Kier molecular flexibility index (Phi) is 8.06. The fraction of sp³-hybridized carbons (Fsp3) is 0.464. The summed E-state index contributed by atoms with van der Waals surface area (Å²) < 4.78 is 5.59. The molecule has 2 aliphatic carbocycles. The molecule has 7 heteroatoms. The lowest BCUT2D eigenvalue weighted by molar-refractivity contribution is -0.139. The number of hydrogen-bond acceptors (Lipinski definition) is 4. The number of amides is 2. The van der Waals surface area contributed by atoms with Crippen LogP contribution in [-0.4, -0.2) is 42.8 Å². The van der Waals surface area contributed by atoms with Gasteiger partial charge in [-0.3, -0.25) is 9.59 Å². The third kappa shape index (κ3) is 6.21. The van der Waals surface area contributed by atoms with Gasteiger partial charge in [-0.25, -0.2) is 4.79 Å². The molecule has 1 fully saturated rings. The van der Waals surface area contributed by atoms with Crippen LogP contribution in [-0.2, 0) is 14.3 Å². The molecule has 186 valence electrons. The Morgan fingerprint density at radius 2 is 1.60 bits per heavy atom. The number of alkyl carbamates (subject to hydrolysis) is 1. The maximum atomic E-state index is 12.4. The minimum atomic E-state index is -0.757. The standard InChI is InChI=1S/C28H34N2O5/c1-2-18(13-26(31)29-16-20-11-19(12-20)14-27(32)33)15-30-28(34)35-17-25-23-9-5-3-7-21(23)22-8-4-6-10-24(22)25/h3-10,18-20,25H,2,11-17H2,1H3,(H,29,31)(H,30,34)(H,32,33). The molecule has 0 aliphatic heterocycles. The Morgan fingerprint density at radius 3 is 2.20 bits per heavy atom. The van der Waals surface area contributed by atoms with Crippen LogP contribution in [0.1, 0.15) is 56.1 Å². The molecule has 0 radical (unpaired) electrons. The molecule has 0 saturated heterocycles. The molecule has 1 atom stereocenters. The molecule has 1 unspecified atom stereocenters. The highest BCUT2D eigenvalue weighted by atomic mass is 16.5. The van der Waals surface area contributed by atoms with Gasteiger partial charge in [-0.15, -0.1) is 0 Å². The van der Waals surface area contributed by atoms with E-state index in [1.54, 1.807) is 0 Å². The molecule has 0 heterocycles. The Morgan fingerprint density at radius 1 is 0.971 bits per heavy atom. The van der Waals surface area contributed by atoms with Crippen molar-refractivity contribution >= 4 is 18.0 Å². The largest absolute Gasteiger partial charge is 0.481 e. The van der Waals surface area contributed by atoms with Gasteiger partial charge in [0.1, 0.15) is 6.61 Å². The van der Waals surface area contributed by atoms with E-state index in [0.717, 1.165) is 19.3 Å². The number of nitrogens with one attached hydrogen (secondary N) is 2. The Bertz CT molecular complexity index is 1020. The number of carbonyl (C=O) groups excluding carboxylic acids is 2. The van der Waals surface area contributed by atoms with Crippen molar-refractivity contribution in [2.24, 2.45) is 17.8 Å². The van der Waals surface area contributed by atoms with Gasteiger partial charge >= 0.3 is 12.1 Å². The predicted molar refractivity (Wildman–Crippen MR) is 133 cm³/mol. The topological polar surface area (TPSA) is 105 Å². The van der Waals surface area contributed by atoms with Gasteiger partial charge in [-0.1, -0.05) is 61.9 Å². The van der Waals surface area contributed by atoms with Gasteiger partial charge < -0.3 is 20.5 Å². The number of ether oxygens (including phenoxy) is 1. The van der Waals surface area contributed by atoms with Crippen LogP contribution in [0.2, 0.25) is 0 Å². The van der Waals surface area contributed by atoms with E-state index >= 15 is 0 Å². The molecule has 2 amide bonds. The lowest BCUT2D eigenvalue weighted by atomic mass is 9.73. The van der Waals surface area contributed by atoms with Crippen LogP contribution >= 0.6 is 0 Å². The molecule has 35 heavy (non-hydrogen) atoms. The summed E-state index contributed by atoms with van der Waals surface area (Å²) in [5.74, 6) is -0.152. The van der Waals surface area contributed by atoms with Gasteiger partial charge in [0, 0.05) is 31.8 Å². The highest BCUT2D eigenvalue weighted by Crippen LogP contribution is 2.44. The van der Waals surface area contributed by atoms with E-state index in [4.69, 9.17) is 9.84 Å². The molecular weight excluding hydrogens is 444 g/mol. The zero-order chi connectivity index (χ0) is 24.8. The number of rotatable bonds is 11. The van der Waals surface area contributed by atoms with Crippen molar-refractivity contribution < 1.29 is 24.2 Å². The van der Waals surface area contributed by atoms with Gasteiger partial charge in [0.2, 0.25) is 5.91 Å². The summed E-state index contributed by atoms with van der Waals surface area (Å²) in [4.78, 5) is 35.5. The predicted octanol–water partition coefficient (Wildman–Crippen LogP) is 4.56. The summed E-state index contributed by atoms with van der Waals surface area (Å²) in [7, 11) is 0. The Hall–Kier alpha value is -3.35. The lowest BCUT2D eigenvalue weighted by Crippen LogP contribution is -2.38. The first-order valence-corrected chi connectivity index (χ1v) is 12.5. The second-order valence-corrected chi connectivity index (χ2v) is 9.79. The average Bonchev–Trinajstić information content (AvgIpc) is 3.15. The molecule has 2 aromatic rings. The van der Waals surface area contributed by atoms with Gasteiger partial charge in [-0.2, -0.15) is 0 Å².